The number of hydrogen-bond donors (Lipinski definition) is 3. The van der Waals surface area contributed by atoms with Gasteiger partial charge in [-0.25, -0.2) is 0 Å². The molecule has 6 heteroatoms. The van der Waals surface area contributed by atoms with Crippen molar-refractivity contribution >= 4 is 11.9 Å². The van der Waals surface area contributed by atoms with E-state index in [9.17, 15) is 19.8 Å². The summed E-state index contributed by atoms with van der Waals surface area (Å²) in [4.78, 5) is 24.6. The van der Waals surface area contributed by atoms with Crippen LogP contribution in [0.4, 0.5) is 0 Å². The van der Waals surface area contributed by atoms with Gasteiger partial charge in [0.25, 0.3) is 0 Å². The summed E-state index contributed by atoms with van der Waals surface area (Å²) in [6, 6.07) is -0.635. The molecule has 80 heavy (non-hydrogen) atoms. The fourth-order valence-corrected chi connectivity index (χ4v) is 11.3. The first kappa shape index (κ1) is 78.1. The molecule has 0 aliphatic heterocycles. The van der Waals surface area contributed by atoms with E-state index >= 15 is 0 Å². The largest absolute Gasteiger partial charge is 0.466 e. The minimum Gasteiger partial charge on any atom is -0.466 e. The minimum atomic E-state index is -0.851. The van der Waals surface area contributed by atoms with Crippen molar-refractivity contribution < 1.29 is 24.5 Å². The number of rotatable bonds is 68. The van der Waals surface area contributed by atoms with Gasteiger partial charge in [-0.05, 0) is 83.5 Å². The molecule has 0 heterocycles. The number of aliphatic hydroxyl groups is 2. The van der Waals surface area contributed by atoms with E-state index in [0.29, 0.717) is 19.4 Å². The van der Waals surface area contributed by atoms with Crippen molar-refractivity contribution in [3.63, 3.8) is 0 Å². The summed E-state index contributed by atoms with van der Waals surface area (Å²) in [5, 5.41) is 23.3. The summed E-state index contributed by atoms with van der Waals surface area (Å²) in [7, 11) is 0. The van der Waals surface area contributed by atoms with E-state index in [1.54, 1.807) is 6.08 Å². The lowest BCUT2D eigenvalue weighted by molar-refractivity contribution is -0.143. The Morgan fingerprint density at radius 3 is 0.887 bits per heavy atom. The lowest BCUT2D eigenvalue weighted by atomic mass is 10.0. The molecule has 0 aromatic rings. The average Bonchev–Trinajstić information content (AvgIpc) is 3.46. The molecule has 0 aliphatic rings. The highest BCUT2D eigenvalue weighted by molar-refractivity contribution is 5.76. The van der Waals surface area contributed by atoms with Crippen LogP contribution in [0.15, 0.2) is 36.5 Å². The average molecular weight is 1120 g/mol. The Labute approximate surface area is 500 Å². The fraction of sp³-hybridized carbons (Fsp3) is 0.892. The number of esters is 1. The van der Waals surface area contributed by atoms with E-state index in [1.807, 2.05) is 6.08 Å². The molecule has 0 fully saturated rings. The predicted octanol–water partition coefficient (Wildman–Crippen LogP) is 23.5. The summed E-state index contributed by atoms with van der Waals surface area (Å²) in [5.41, 5.74) is 0. The second-order valence-corrected chi connectivity index (χ2v) is 24.9. The van der Waals surface area contributed by atoms with Crippen molar-refractivity contribution in [2.24, 2.45) is 0 Å². The van der Waals surface area contributed by atoms with Crippen molar-refractivity contribution in [1.29, 1.82) is 0 Å². The molecular formula is C74H141NO5. The van der Waals surface area contributed by atoms with Gasteiger partial charge in [-0.15, -0.1) is 0 Å². The van der Waals surface area contributed by atoms with Crippen LogP contribution >= 0.6 is 0 Å². The maximum Gasteiger partial charge on any atom is 0.305 e. The van der Waals surface area contributed by atoms with Gasteiger partial charge in [0, 0.05) is 12.8 Å². The van der Waals surface area contributed by atoms with Crippen molar-refractivity contribution in [3.05, 3.63) is 36.5 Å². The monoisotopic (exact) mass is 1120 g/mol. The van der Waals surface area contributed by atoms with E-state index in [0.717, 1.165) is 51.4 Å². The van der Waals surface area contributed by atoms with Gasteiger partial charge in [-0.1, -0.05) is 339 Å². The first-order valence-electron chi connectivity index (χ1n) is 36.3. The number of allylic oxidation sites excluding steroid dienone is 5. The summed E-state index contributed by atoms with van der Waals surface area (Å²) in [6.07, 6.45) is 89.4. The van der Waals surface area contributed by atoms with Gasteiger partial charge in [0.05, 0.1) is 25.4 Å². The number of carbonyl (C=O) groups excluding carboxylic acids is 2. The van der Waals surface area contributed by atoms with Crippen LogP contribution in [0.5, 0.6) is 0 Å². The highest BCUT2D eigenvalue weighted by Gasteiger charge is 2.18. The molecule has 472 valence electrons. The van der Waals surface area contributed by atoms with Crippen molar-refractivity contribution in [1.82, 2.24) is 5.32 Å². The lowest BCUT2D eigenvalue weighted by Crippen LogP contribution is -2.45. The van der Waals surface area contributed by atoms with Gasteiger partial charge >= 0.3 is 5.97 Å². The highest BCUT2D eigenvalue weighted by Crippen LogP contribution is 2.18. The van der Waals surface area contributed by atoms with Crippen molar-refractivity contribution in [2.45, 2.75) is 411 Å². The van der Waals surface area contributed by atoms with E-state index in [2.05, 4.69) is 43.5 Å². The van der Waals surface area contributed by atoms with Crippen LogP contribution < -0.4 is 5.32 Å². The Kier molecular flexibility index (Phi) is 67.9. The summed E-state index contributed by atoms with van der Waals surface area (Å²) >= 11 is 0. The number of hydrogen-bond acceptors (Lipinski definition) is 5. The quantitative estimate of drug-likeness (QED) is 0.0320. The second kappa shape index (κ2) is 69.6. The standard InChI is InChI=1S/C74H141NO5/c1-3-5-7-9-11-13-15-17-19-21-23-24-25-28-31-34-38-42-46-50-54-58-62-66-72(77)71(70-76)75-73(78)67-63-59-55-51-47-43-39-35-32-29-26-27-30-33-37-41-45-49-53-57-61-65-69-80-74(79)68-64-60-56-52-48-44-40-36-22-20-18-16-14-12-10-8-6-4-2/h20,22,29,32,62,66,71-72,76-77H,3-19,21,23-28,30-31,33-61,63-65,67-70H2,1-2H3,(H,75,78)/b22-20-,32-29-,66-62+. The Bertz CT molecular complexity index is 1300. The maximum absolute atomic E-state index is 12.5. The number of nitrogens with one attached hydrogen (secondary N) is 1. The number of carbonyl (C=O) groups is 2. The van der Waals surface area contributed by atoms with Crippen LogP contribution in [0, 0.1) is 0 Å². The first-order chi connectivity index (χ1) is 39.5. The number of aliphatic hydroxyl groups excluding tert-OH is 2. The Morgan fingerprint density at radius 2 is 0.588 bits per heavy atom. The highest BCUT2D eigenvalue weighted by atomic mass is 16.5. The molecule has 0 aromatic heterocycles. The molecule has 0 saturated carbocycles. The predicted molar refractivity (Wildman–Crippen MR) is 352 cm³/mol. The van der Waals surface area contributed by atoms with Crippen LogP contribution in [0.3, 0.4) is 0 Å². The van der Waals surface area contributed by atoms with Gasteiger partial charge < -0.3 is 20.3 Å². The van der Waals surface area contributed by atoms with E-state index < -0.39 is 12.1 Å². The minimum absolute atomic E-state index is 0.00721. The van der Waals surface area contributed by atoms with Gasteiger partial charge in [0.1, 0.15) is 0 Å². The zero-order valence-corrected chi connectivity index (χ0v) is 54.1. The zero-order chi connectivity index (χ0) is 57.8. The SMILES string of the molecule is CCCCCCCCC/C=C\CCCCCCCCCC(=O)OCCCCCCCCCCCCC/C=C\CCCCCCCCCC(=O)NC(CO)C(O)/C=C/CCCCCCCCCCCCCCCCCCCCCCC. The van der Waals surface area contributed by atoms with Crippen LogP contribution in [0.25, 0.3) is 0 Å². The van der Waals surface area contributed by atoms with Gasteiger partial charge in [-0.2, -0.15) is 0 Å². The smallest absolute Gasteiger partial charge is 0.305 e. The molecule has 1 amide bonds. The van der Waals surface area contributed by atoms with E-state index in [-0.39, 0.29) is 18.5 Å². The third-order valence-corrected chi connectivity index (χ3v) is 16.9. The van der Waals surface area contributed by atoms with Crippen LogP contribution in [-0.2, 0) is 14.3 Å². The summed E-state index contributed by atoms with van der Waals surface area (Å²) in [5.74, 6) is -0.0640. The lowest BCUT2D eigenvalue weighted by Gasteiger charge is -2.20. The molecule has 2 unspecified atom stereocenters. The van der Waals surface area contributed by atoms with Gasteiger partial charge in [0.2, 0.25) is 5.91 Å². The zero-order valence-electron chi connectivity index (χ0n) is 54.1. The molecule has 0 aliphatic carbocycles. The third kappa shape index (κ3) is 65.2. The molecule has 0 rings (SSSR count). The fourth-order valence-electron chi connectivity index (χ4n) is 11.3. The molecule has 0 aromatic carbocycles. The molecular weight excluding hydrogens is 983 g/mol. The molecule has 0 spiro atoms. The number of amides is 1. The van der Waals surface area contributed by atoms with Crippen molar-refractivity contribution in [3.8, 4) is 0 Å². The molecule has 6 nitrogen and oxygen atoms in total. The van der Waals surface area contributed by atoms with Gasteiger partial charge in [-0.3, -0.25) is 9.59 Å². The molecule has 0 radical (unpaired) electrons. The van der Waals surface area contributed by atoms with E-state index in [4.69, 9.17) is 4.74 Å². The topological polar surface area (TPSA) is 95.9 Å². The molecule has 2 atom stereocenters. The Morgan fingerprint density at radius 1 is 0.338 bits per heavy atom. The van der Waals surface area contributed by atoms with Crippen LogP contribution in [0.2, 0.25) is 0 Å². The Hall–Kier alpha value is -1.92. The van der Waals surface area contributed by atoms with Crippen LogP contribution in [-0.4, -0.2) is 47.4 Å². The first-order valence-corrected chi connectivity index (χ1v) is 36.3. The van der Waals surface area contributed by atoms with E-state index in [1.165, 1.54) is 321 Å². The number of unbranched alkanes of at least 4 members (excludes halogenated alkanes) is 53. The summed E-state index contributed by atoms with van der Waals surface area (Å²) in [6.45, 7) is 4.93. The second-order valence-electron chi connectivity index (χ2n) is 24.9. The molecule has 3 N–H and O–H groups in total. The normalized spacial score (nSPS) is 12.7. The number of ether oxygens (including phenoxy) is 1. The maximum atomic E-state index is 12.5. The molecule has 0 saturated heterocycles. The van der Waals surface area contributed by atoms with Crippen molar-refractivity contribution in [2.75, 3.05) is 13.2 Å². The summed E-state index contributed by atoms with van der Waals surface area (Å²) < 4.78 is 5.50. The third-order valence-electron chi connectivity index (χ3n) is 16.9. The molecule has 0 bridgehead atoms. The Balaban J connectivity index is 3.43. The van der Waals surface area contributed by atoms with Crippen LogP contribution in [0.1, 0.15) is 399 Å². The van der Waals surface area contributed by atoms with Gasteiger partial charge in [0.15, 0.2) is 0 Å².